The minimum absolute atomic E-state index is 0.0510. The van der Waals surface area contributed by atoms with Gasteiger partial charge in [-0.25, -0.2) is 14.1 Å². The zero-order valence-corrected chi connectivity index (χ0v) is 14.5. The predicted molar refractivity (Wildman–Crippen MR) is 94.3 cm³/mol. The summed E-state index contributed by atoms with van der Waals surface area (Å²) in [6.45, 7) is 0.737. The number of nitrogens with one attached hydrogen (secondary N) is 1. The Morgan fingerprint density at radius 2 is 2.04 bits per heavy atom. The van der Waals surface area contributed by atoms with Gasteiger partial charge in [-0.2, -0.15) is 5.10 Å². The number of hydrogen-bond donors (Lipinski definition) is 1. The number of carbonyl (C=O) groups is 1. The molecule has 0 aliphatic rings. The number of amides is 1. The highest BCUT2D eigenvalue weighted by atomic mass is 35.5. The second-order valence-electron chi connectivity index (χ2n) is 5.50. The second kappa shape index (κ2) is 8.44. The van der Waals surface area contributed by atoms with E-state index in [1.165, 1.54) is 24.5 Å². The van der Waals surface area contributed by atoms with Gasteiger partial charge < -0.3 is 10.1 Å². The molecule has 0 spiro atoms. The molecule has 1 heterocycles. The van der Waals surface area contributed by atoms with Crippen LogP contribution in [0.2, 0.25) is 5.02 Å². The fourth-order valence-corrected chi connectivity index (χ4v) is 2.50. The van der Waals surface area contributed by atoms with E-state index in [4.69, 9.17) is 16.3 Å². The van der Waals surface area contributed by atoms with Crippen LogP contribution in [0.25, 0.3) is 0 Å². The first-order valence-electron chi connectivity index (χ1n) is 7.85. The van der Waals surface area contributed by atoms with E-state index in [2.05, 4.69) is 15.4 Å². The molecule has 8 heteroatoms. The van der Waals surface area contributed by atoms with Crippen LogP contribution in [0.3, 0.4) is 0 Å². The lowest BCUT2D eigenvalue weighted by atomic mass is 10.1. The van der Waals surface area contributed by atoms with Crippen molar-refractivity contribution < 1.29 is 13.9 Å². The monoisotopic (exact) mass is 374 g/mol. The first kappa shape index (κ1) is 17.9. The van der Waals surface area contributed by atoms with Gasteiger partial charge in [-0.15, -0.1) is 0 Å². The van der Waals surface area contributed by atoms with Crippen LogP contribution in [0.15, 0.2) is 55.1 Å². The van der Waals surface area contributed by atoms with Crippen LogP contribution >= 0.6 is 11.6 Å². The molecule has 2 aromatic carbocycles. The average Bonchev–Trinajstić information content (AvgIpc) is 3.15. The summed E-state index contributed by atoms with van der Waals surface area (Å²) >= 11 is 5.68. The Morgan fingerprint density at radius 1 is 1.23 bits per heavy atom. The van der Waals surface area contributed by atoms with Gasteiger partial charge in [0.25, 0.3) is 5.91 Å². The number of halogens is 2. The van der Waals surface area contributed by atoms with Gasteiger partial charge in [0.1, 0.15) is 24.2 Å². The molecule has 0 bridgehead atoms. The zero-order chi connectivity index (χ0) is 18.4. The van der Waals surface area contributed by atoms with Gasteiger partial charge >= 0.3 is 0 Å². The van der Waals surface area contributed by atoms with Crippen molar-refractivity contribution in [3.8, 4) is 5.75 Å². The number of ether oxygens (including phenoxy) is 1. The quantitative estimate of drug-likeness (QED) is 0.690. The third-order valence-electron chi connectivity index (χ3n) is 3.65. The predicted octanol–water partition coefficient (Wildman–Crippen LogP) is 2.81. The molecular formula is C18H16ClFN4O2. The van der Waals surface area contributed by atoms with Gasteiger partial charge in [-0.05, 0) is 23.3 Å². The van der Waals surface area contributed by atoms with Crippen molar-refractivity contribution in [1.29, 1.82) is 0 Å². The van der Waals surface area contributed by atoms with Crippen molar-refractivity contribution >= 4 is 17.5 Å². The van der Waals surface area contributed by atoms with E-state index < -0.39 is 5.82 Å². The molecule has 0 aliphatic heterocycles. The topological polar surface area (TPSA) is 69.0 Å². The van der Waals surface area contributed by atoms with Gasteiger partial charge in [-0.1, -0.05) is 35.9 Å². The second-order valence-corrected chi connectivity index (χ2v) is 5.91. The number of aromatic nitrogens is 3. The standard InChI is InChI=1S/C18H16ClFN4O2/c19-16-7-15(5-6-17(16)20)26-10-18(25)22-8-13-3-1-2-4-14(13)9-24-12-21-11-23-24/h1-7,11-12H,8-10H2,(H,22,25). The maximum atomic E-state index is 13.1. The highest BCUT2D eigenvalue weighted by molar-refractivity contribution is 6.30. The van der Waals surface area contributed by atoms with Crippen molar-refractivity contribution in [2.75, 3.05) is 6.61 Å². The SMILES string of the molecule is O=C(COc1ccc(F)c(Cl)c1)NCc1ccccc1Cn1cncn1. The number of hydrogen-bond acceptors (Lipinski definition) is 4. The minimum Gasteiger partial charge on any atom is -0.484 e. The summed E-state index contributed by atoms with van der Waals surface area (Å²) in [5.74, 6) is -0.494. The fraction of sp³-hybridized carbons (Fsp3) is 0.167. The van der Waals surface area contributed by atoms with Crippen LogP contribution in [0.1, 0.15) is 11.1 Å². The molecule has 1 amide bonds. The van der Waals surface area contributed by atoms with Gasteiger partial charge in [0.15, 0.2) is 6.61 Å². The average molecular weight is 375 g/mol. The Kier molecular flexibility index (Phi) is 5.80. The first-order valence-corrected chi connectivity index (χ1v) is 8.23. The minimum atomic E-state index is -0.535. The molecule has 0 radical (unpaired) electrons. The van der Waals surface area contributed by atoms with Crippen LogP contribution < -0.4 is 10.1 Å². The Bertz CT molecular complexity index is 887. The zero-order valence-electron chi connectivity index (χ0n) is 13.7. The Labute approximate surface area is 154 Å². The maximum Gasteiger partial charge on any atom is 0.258 e. The Hall–Kier alpha value is -2.93. The smallest absolute Gasteiger partial charge is 0.258 e. The normalized spacial score (nSPS) is 10.5. The molecule has 134 valence electrons. The van der Waals surface area contributed by atoms with Crippen molar-refractivity contribution in [3.05, 3.63) is 77.1 Å². The van der Waals surface area contributed by atoms with Gasteiger partial charge in [-0.3, -0.25) is 4.79 Å². The molecule has 3 rings (SSSR count). The third-order valence-corrected chi connectivity index (χ3v) is 3.94. The van der Waals surface area contributed by atoms with Crippen molar-refractivity contribution in [3.63, 3.8) is 0 Å². The molecule has 1 aromatic heterocycles. The number of carbonyl (C=O) groups excluding carboxylic acids is 1. The summed E-state index contributed by atoms with van der Waals surface area (Å²) in [5.41, 5.74) is 2.01. The largest absolute Gasteiger partial charge is 0.484 e. The van der Waals surface area contributed by atoms with E-state index in [0.29, 0.717) is 18.8 Å². The molecule has 6 nitrogen and oxygen atoms in total. The van der Waals surface area contributed by atoms with Crippen LogP contribution in [0, 0.1) is 5.82 Å². The Morgan fingerprint density at radius 3 is 2.77 bits per heavy atom. The van der Waals surface area contributed by atoms with E-state index >= 15 is 0 Å². The third kappa shape index (κ3) is 4.80. The summed E-state index contributed by atoms with van der Waals surface area (Å²) < 4.78 is 20.1. The van der Waals surface area contributed by atoms with E-state index in [9.17, 15) is 9.18 Å². The van der Waals surface area contributed by atoms with Crippen LogP contribution in [0.5, 0.6) is 5.75 Å². The molecule has 26 heavy (non-hydrogen) atoms. The molecule has 3 aromatic rings. The number of benzene rings is 2. The Balaban J connectivity index is 1.53. The molecular weight excluding hydrogens is 359 g/mol. The van der Waals surface area contributed by atoms with E-state index in [1.807, 2.05) is 24.3 Å². The van der Waals surface area contributed by atoms with Crippen molar-refractivity contribution in [2.45, 2.75) is 13.1 Å². The van der Waals surface area contributed by atoms with E-state index in [-0.39, 0.29) is 17.5 Å². The molecule has 1 N–H and O–H groups in total. The number of rotatable bonds is 7. The summed E-state index contributed by atoms with van der Waals surface area (Å²) in [5, 5.41) is 6.83. The van der Waals surface area contributed by atoms with Gasteiger partial charge in [0, 0.05) is 12.6 Å². The van der Waals surface area contributed by atoms with E-state index in [0.717, 1.165) is 11.1 Å². The molecule has 0 saturated carbocycles. The summed E-state index contributed by atoms with van der Waals surface area (Å²) in [7, 11) is 0. The van der Waals surface area contributed by atoms with Crippen molar-refractivity contribution in [2.24, 2.45) is 0 Å². The van der Waals surface area contributed by atoms with Gasteiger partial charge in [0.05, 0.1) is 11.6 Å². The lowest BCUT2D eigenvalue weighted by Crippen LogP contribution is -2.28. The summed E-state index contributed by atoms with van der Waals surface area (Å²) in [6, 6.07) is 11.7. The highest BCUT2D eigenvalue weighted by Crippen LogP contribution is 2.20. The first-order chi connectivity index (χ1) is 12.6. The lowest BCUT2D eigenvalue weighted by molar-refractivity contribution is -0.123. The van der Waals surface area contributed by atoms with Crippen LogP contribution in [-0.4, -0.2) is 27.3 Å². The lowest BCUT2D eigenvalue weighted by Gasteiger charge is -2.11. The van der Waals surface area contributed by atoms with Crippen molar-refractivity contribution in [1.82, 2.24) is 20.1 Å². The van der Waals surface area contributed by atoms with Crippen LogP contribution in [-0.2, 0) is 17.9 Å². The molecule has 0 atom stereocenters. The highest BCUT2D eigenvalue weighted by Gasteiger charge is 2.08. The van der Waals surface area contributed by atoms with Crippen LogP contribution in [0.4, 0.5) is 4.39 Å². The van der Waals surface area contributed by atoms with E-state index in [1.54, 1.807) is 11.0 Å². The summed E-state index contributed by atoms with van der Waals surface area (Å²) in [4.78, 5) is 15.9. The molecule has 0 fully saturated rings. The molecule has 0 saturated heterocycles. The maximum absolute atomic E-state index is 13.1. The summed E-state index contributed by atoms with van der Waals surface area (Å²) in [6.07, 6.45) is 3.11. The number of nitrogens with zero attached hydrogens (tertiary/aromatic N) is 3. The molecule has 0 unspecified atom stereocenters. The van der Waals surface area contributed by atoms with Gasteiger partial charge in [0.2, 0.25) is 0 Å². The fourth-order valence-electron chi connectivity index (χ4n) is 2.33. The molecule has 0 aliphatic carbocycles.